The minimum Gasteiger partial charge on any atom is -0.298 e. The van der Waals surface area contributed by atoms with Gasteiger partial charge in [-0.25, -0.2) is 8.78 Å². The number of likely N-dealkylation sites (tertiary alicyclic amines) is 1. The average Bonchev–Trinajstić information content (AvgIpc) is 2.49. The van der Waals surface area contributed by atoms with Crippen molar-refractivity contribution in [2.45, 2.75) is 17.8 Å². The molecule has 1 atom stereocenters. The number of rotatable bonds is 2. The van der Waals surface area contributed by atoms with Crippen LogP contribution in [0.1, 0.15) is 12.0 Å². The molecule has 1 saturated heterocycles. The molecular formula is C11H12BrF2N. The molecule has 1 nitrogen and oxygen atoms in total. The topological polar surface area (TPSA) is 3.24 Å². The molecule has 0 spiro atoms. The van der Waals surface area contributed by atoms with Crippen molar-refractivity contribution in [1.82, 2.24) is 4.90 Å². The molecule has 0 aliphatic carbocycles. The fourth-order valence-corrected chi connectivity index (χ4v) is 2.50. The van der Waals surface area contributed by atoms with E-state index in [0.29, 0.717) is 16.9 Å². The SMILES string of the molecule is Fc1cc(F)cc(CN2CCC(Br)C2)c1. The van der Waals surface area contributed by atoms with Crippen molar-refractivity contribution in [3.8, 4) is 0 Å². The van der Waals surface area contributed by atoms with Crippen molar-refractivity contribution in [3.05, 3.63) is 35.4 Å². The van der Waals surface area contributed by atoms with Gasteiger partial charge in [-0.05, 0) is 30.7 Å². The van der Waals surface area contributed by atoms with E-state index >= 15 is 0 Å². The highest BCUT2D eigenvalue weighted by molar-refractivity contribution is 9.09. The van der Waals surface area contributed by atoms with Crippen molar-refractivity contribution in [1.29, 1.82) is 0 Å². The number of benzene rings is 1. The van der Waals surface area contributed by atoms with Crippen LogP contribution in [0.25, 0.3) is 0 Å². The number of alkyl halides is 1. The van der Waals surface area contributed by atoms with Gasteiger partial charge >= 0.3 is 0 Å². The highest BCUT2D eigenvalue weighted by Gasteiger charge is 2.19. The zero-order valence-electron chi connectivity index (χ0n) is 8.22. The molecule has 4 heteroatoms. The van der Waals surface area contributed by atoms with Crippen LogP contribution in [0.3, 0.4) is 0 Å². The van der Waals surface area contributed by atoms with Gasteiger partial charge in [0.05, 0.1) is 0 Å². The van der Waals surface area contributed by atoms with Crippen molar-refractivity contribution in [2.75, 3.05) is 13.1 Å². The number of nitrogens with zero attached hydrogens (tertiary/aromatic N) is 1. The van der Waals surface area contributed by atoms with E-state index in [1.807, 2.05) is 0 Å². The standard InChI is InChI=1S/C11H12BrF2N/c12-9-1-2-15(7-9)6-8-3-10(13)5-11(14)4-8/h3-5,9H,1-2,6-7H2. The summed E-state index contributed by atoms with van der Waals surface area (Å²) in [5.41, 5.74) is 0.703. The first kappa shape index (κ1) is 11.0. The van der Waals surface area contributed by atoms with E-state index in [9.17, 15) is 8.78 Å². The molecule has 1 aliphatic rings. The van der Waals surface area contributed by atoms with Crippen LogP contribution in [0.5, 0.6) is 0 Å². The Hall–Kier alpha value is -0.480. The van der Waals surface area contributed by atoms with Gasteiger partial charge in [-0.15, -0.1) is 0 Å². The summed E-state index contributed by atoms with van der Waals surface area (Å²) >= 11 is 3.53. The first-order valence-corrected chi connectivity index (χ1v) is 5.86. The summed E-state index contributed by atoms with van der Waals surface area (Å²) in [6, 6.07) is 3.69. The monoisotopic (exact) mass is 275 g/mol. The zero-order valence-corrected chi connectivity index (χ0v) is 9.80. The summed E-state index contributed by atoms with van der Waals surface area (Å²) in [6.45, 7) is 2.54. The quantitative estimate of drug-likeness (QED) is 0.751. The van der Waals surface area contributed by atoms with E-state index in [1.165, 1.54) is 12.1 Å². The van der Waals surface area contributed by atoms with Crippen LogP contribution in [-0.2, 0) is 6.54 Å². The number of hydrogen-bond donors (Lipinski definition) is 0. The Labute approximate surface area is 96.2 Å². The molecule has 1 unspecified atom stereocenters. The second-order valence-corrected chi connectivity index (χ2v) is 5.19. The van der Waals surface area contributed by atoms with E-state index in [4.69, 9.17) is 0 Å². The molecule has 0 aromatic heterocycles. The van der Waals surface area contributed by atoms with Crippen LogP contribution in [-0.4, -0.2) is 22.8 Å². The Morgan fingerprint density at radius 2 is 1.93 bits per heavy atom. The van der Waals surface area contributed by atoms with Gasteiger partial charge in [0.25, 0.3) is 0 Å². The van der Waals surface area contributed by atoms with Crippen molar-refractivity contribution >= 4 is 15.9 Å². The lowest BCUT2D eigenvalue weighted by molar-refractivity contribution is 0.331. The van der Waals surface area contributed by atoms with E-state index in [1.54, 1.807) is 0 Å². The van der Waals surface area contributed by atoms with E-state index in [0.717, 1.165) is 25.6 Å². The molecule has 1 aromatic carbocycles. The van der Waals surface area contributed by atoms with Crippen LogP contribution < -0.4 is 0 Å². The first-order valence-electron chi connectivity index (χ1n) is 4.95. The summed E-state index contributed by atoms with van der Waals surface area (Å²) in [5, 5.41) is 0. The summed E-state index contributed by atoms with van der Waals surface area (Å²) in [5.74, 6) is -1.00. The maximum Gasteiger partial charge on any atom is 0.126 e. The Bertz CT molecular complexity index is 336. The summed E-state index contributed by atoms with van der Waals surface area (Å²) in [6.07, 6.45) is 1.10. The molecule has 0 N–H and O–H groups in total. The number of hydrogen-bond acceptors (Lipinski definition) is 1. The van der Waals surface area contributed by atoms with Gasteiger partial charge < -0.3 is 0 Å². The lowest BCUT2D eigenvalue weighted by Gasteiger charge is -2.14. The molecule has 15 heavy (non-hydrogen) atoms. The lowest BCUT2D eigenvalue weighted by atomic mass is 10.2. The van der Waals surface area contributed by atoms with Crippen molar-refractivity contribution < 1.29 is 8.78 Å². The molecule has 1 aromatic rings. The Balaban J connectivity index is 2.04. The lowest BCUT2D eigenvalue weighted by Crippen LogP contribution is -2.20. The molecule has 0 radical (unpaired) electrons. The fraction of sp³-hybridized carbons (Fsp3) is 0.455. The highest BCUT2D eigenvalue weighted by Crippen LogP contribution is 2.19. The second-order valence-electron chi connectivity index (χ2n) is 3.90. The smallest absolute Gasteiger partial charge is 0.126 e. The molecule has 2 rings (SSSR count). The minimum absolute atomic E-state index is 0.500. The van der Waals surface area contributed by atoms with E-state index in [-0.39, 0.29) is 0 Å². The van der Waals surface area contributed by atoms with Gasteiger partial charge in [0.15, 0.2) is 0 Å². The molecule has 1 aliphatic heterocycles. The van der Waals surface area contributed by atoms with Gasteiger partial charge in [0.2, 0.25) is 0 Å². The number of halogens is 3. The van der Waals surface area contributed by atoms with Crippen molar-refractivity contribution in [3.63, 3.8) is 0 Å². The third kappa shape index (κ3) is 2.98. The molecule has 82 valence electrons. The summed E-state index contributed by atoms with van der Waals surface area (Å²) < 4.78 is 25.8. The van der Waals surface area contributed by atoms with Crippen LogP contribution >= 0.6 is 15.9 Å². The minimum atomic E-state index is -0.500. The average molecular weight is 276 g/mol. The van der Waals surface area contributed by atoms with Crippen LogP contribution in [0.2, 0.25) is 0 Å². The molecule has 0 bridgehead atoms. The van der Waals surface area contributed by atoms with Gasteiger partial charge in [-0.3, -0.25) is 4.90 Å². The molecule has 0 saturated carbocycles. The molecule has 1 fully saturated rings. The van der Waals surface area contributed by atoms with Crippen LogP contribution in [0.15, 0.2) is 18.2 Å². The third-order valence-corrected chi connectivity index (χ3v) is 3.29. The van der Waals surface area contributed by atoms with Crippen LogP contribution in [0.4, 0.5) is 8.78 Å². The van der Waals surface area contributed by atoms with Gasteiger partial charge in [0, 0.05) is 24.0 Å². The predicted octanol–water partition coefficient (Wildman–Crippen LogP) is 2.93. The first-order chi connectivity index (χ1) is 7.13. The summed E-state index contributed by atoms with van der Waals surface area (Å²) in [4.78, 5) is 2.70. The largest absolute Gasteiger partial charge is 0.298 e. The molecular weight excluding hydrogens is 264 g/mol. The fourth-order valence-electron chi connectivity index (χ4n) is 1.89. The summed E-state index contributed by atoms with van der Waals surface area (Å²) in [7, 11) is 0. The van der Waals surface area contributed by atoms with Gasteiger partial charge in [-0.2, -0.15) is 0 Å². The second kappa shape index (κ2) is 4.58. The molecule has 1 heterocycles. The van der Waals surface area contributed by atoms with Gasteiger partial charge in [0.1, 0.15) is 11.6 Å². The highest BCUT2D eigenvalue weighted by atomic mass is 79.9. The molecule has 0 amide bonds. The maximum absolute atomic E-state index is 12.9. The van der Waals surface area contributed by atoms with Gasteiger partial charge in [-0.1, -0.05) is 15.9 Å². The zero-order chi connectivity index (χ0) is 10.8. The Kier molecular flexibility index (Phi) is 3.36. The third-order valence-electron chi connectivity index (χ3n) is 2.54. The van der Waals surface area contributed by atoms with E-state index in [2.05, 4.69) is 20.8 Å². The Morgan fingerprint density at radius 3 is 2.47 bits per heavy atom. The normalized spacial score (nSPS) is 22.2. The van der Waals surface area contributed by atoms with E-state index < -0.39 is 11.6 Å². The predicted molar refractivity (Wildman–Crippen MR) is 59.0 cm³/mol. The van der Waals surface area contributed by atoms with Crippen LogP contribution in [0, 0.1) is 11.6 Å². The van der Waals surface area contributed by atoms with Crippen molar-refractivity contribution in [2.24, 2.45) is 0 Å². The Morgan fingerprint density at radius 1 is 1.27 bits per heavy atom. The maximum atomic E-state index is 12.9.